The highest BCUT2D eigenvalue weighted by Crippen LogP contribution is 2.15. The quantitative estimate of drug-likeness (QED) is 0.688. The van der Waals surface area contributed by atoms with Gasteiger partial charge in [0.15, 0.2) is 0 Å². The van der Waals surface area contributed by atoms with Crippen molar-refractivity contribution in [2.75, 3.05) is 6.54 Å². The summed E-state index contributed by atoms with van der Waals surface area (Å²) >= 11 is 0. The molecule has 0 spiro atoms. The van der Waals surface area contributed by atoms with E-state index in [1.54, 1.807) is 6.26 Å². The Morgan fingerprint density at radius 2 is 1.96 bits per heavy atom. The second-order valence-corrected chi connectivity index (χ2v) is 5.41. The number of nitrogens with one attached hydrogen (secondary N) is 1. The largest absolute Gasteiger partial charge is 0.469 e. The highest BCUT2D eigenvalue weighted by Gasteiger charge is 2.09. The lowest BCUT2D eigenvalue weighted by Crippen LogP contribution is -2.25. The molecule has 24 heavy (non-hydrogen) atoms. The molecule has 1 N–H and O–H groups in total. The Hall–Kier alpha value is -2.89. The van der Waals surface area contributed by atoms with E-state index in [9.17, 15) is 4.79 Å². The summed E-state index contributed by atoms with van der Waals surface area (Å²) in [4.78, 5) is 16.1. The minimum absolute atomic E-state index is 0.0179. The van der Waals surface area contributed by atoms with Gasteiger partial charge in [-0.25, -0.2) is 0 Å². The Morgan fingerprint density at radius 3 is 2.75 bits per heavy atom. The first-order chi connectivity index (χ1) is 11.8. The first kappa shape index (κ1) is 16.0. The molecule has 0 radical (unpaired) electrons. The fraction of sp³-hybridized carbons (Fsp3) is 0.278. The van der Waals surface area contributed by atoms with Gasteiger partial charge in [0.1, 0.15) is 5.76 Å². The van der Waals surface area contributed by atoms with Crippen molar-refractivity contribution in [3.8, 4) is 11.4 Å². The minimum Gasteiger partial charge on any atom is -0.469 e. The van der Waals surface area contributed by atoms with E-state index in [1.165, 1.54) is 0 Å². The SMILES string of the molecule is O=C(CCCc1nc(-c2ccccc2)no1)NCCc1ccco1. The van der Waals surface area contributed by atoms with Gasteiger partial charge in [0.25, 0.3) is 0 Å². The second kappa shape index (κ2) is 8.10. The highest BCUT2D eigenvalue weighted by atomic mass is 16.5. The number of furan rings is 1. The van der Waals surface area contributed by atoms with E-state index in [-0.39, 0.29) is 5.91 Å². The Kier molecular flexibility index (Phi) is 5.40. The topological polar surface area (TPSA) is 81.2 Å². The third-order valence-electron chi connectivity index (χ3n) is 3.57. The molecule has 0 fully saturated rings. The molecule has 2 heterocycles. The standard InChI is InChI=1S/C18H19N3O3/c22-16(19-12-11-15-8-5-13-23-15)9-4-10-17-20-18(21-24-17)14-6-2-1-3-7-14/h1-3,5-8,13H,4,9-12H2,(H,19,22). The van der Waals surface area contributed by atoms with Crippen molar-refractivity contribution in [3.05, 3.63) is 60.4 Å². The number of aryl methyl sites for hydroxylation is 1. The van der Waals surface area contributed by atoms with Crippen molar-refractivity contribution >= 4 is 5.91 Å². The van der Waals surface area contributed by atoms with Crippen LogP contribution >= 0.6 is 0 Å². The first-order valence-electron chi connectivity index (χ1n) is 7.98. The molecule has 0 aliphatic rings. The number of hydrogen-bond acceptors (Lipinski definition) is 5. The third kappa shape index (κ3) is 4.55. The monoisotopic (exact) mass is 325 g/mol. The number of carbonyl (C=O) groups excluding carboxylic acids is 1. The molecule has 0 unspecified atom stereocenters. The molecule has 0 saturated carbocycles. The van der Waals surface area contributed by atoms with Gasteiger partial charge in [0.2, 0.25) is 17.6 Å². The van der Waals surface area contributed by atoms with Crippen LogP contribution < -0.4 is 5.32 Å². The summed E-state index contributed by atoms with van der Waals surface area (Å²) in [7, 11) is 0. The molecule has 6 heteroatoms. The Bertz CT molecular complexity index is 751. The molecule has 6 nitrogen and oxygen atoms in total. The summed E-state index contributed by atoms with van der Waals surface area (Å²) in [5.41, 5.74) is 0.920. The van der Waals surface area contributed by atoms with Crippen molar-refractivity contribution in [1.82, 2.24) is 15.5 Å². The number of nitrogens with zero attached hydrogens (tertiary/aromatic N) is 2. The molecule has 0 bridgehead atoms. The lowest BCUT2D eigenvalue weighted by atomic mass is 10.2. The summed E-state index contributed by atoms with van der Waals surface area (Å²) in [5.74, 6) is 2.02. The number of hydrogen-bond donors (Lipinski definition) is 1. The number of benzene rings is 1. The molecule has 1 amide bonds. The fourth-order valence-electron chi connectivity index (χ4n) is 2.33. The number of rotatable bonds is 8. The van der Waals surface area contributed by atoms with Gasteiger partial charge in [-0.15, -0.1) is 0 Å². The van der Waals surface area contributed by atoms with Crippen LogP contribution in [0.4, 0.5) is 0 Å². The van der Waals surface area contributed by atoms with E-state index in [2.05, 4.69) is 15.5 Å². The zero-order valence-electron chi connectivity index (χ0n) is 13.3. The normalized spacial score (nSPS) is 10.7. The van der Waals surface area contributed by atoms with Crippen molar-refractivity contribution in [3.63, 3.8) is 0 Å². The molecule has 0 saturated heterocycles. The van der Waals surface area contributed by atoms with Crippen LogP contribution in [0.25, 0.3) is 11.4 Å². The van der Waals surface area contributed by atoms with E-state index in [1.807, 2.05) is 42.5 Å². The van der Waals surface area contributed by atoms with Crippen LogP contribution in [-0.2, 0) is 17.6 Å². The fourth-order valence-corrected chi connectivity index (χ4v) is 2.33. The van der Waals surface area contributed by atoms with E-state index in [0.717, 1.165) is 11.3 Å². The predicted octanol–water partition coefficient (Wildman–Crippen LogP) is 3.01. The highest BCUT2D eigenvalue weighted by molar-refractivity contribution is 5.75. The molecule has 3 aromatic rings. The van der Waals surface area contributed by atoms with Crippen LogP contribution in [-0.4, -0.2) is 22.6 Å². The summed E-state index contributed by atoms with van der Waals surface area (Å²) in [6.07, 6.45) is 4.02. The van der Waals surface area contributed by atoms with Crippen LogP contribution in [0, 0.1) is 0 Å². The van der Waals surface area contributed by atoms with Gasteiger partial charge in [-0.3, -0.25) is 4.79 Å². The molecule has 2 aromatic heterocycles. The average molecular weight is 325 g/mol. The van der Waals surface area contributed by atoms with Gasteiger partial charge < -0.3 is 14.3 Å². The van der Waals surface area contributed by atoms with Gasteiger partial charge in [0.05, 0.1) is 6.26 Å². The molecular weight excluding hydrogens is 306 g/mol. The van der Waals surface area contributed by atoms with Gasteiger partial charge in [-0.05, 0) is 18.6 Å². The lowest BCUT2D eigenvalue weighted by molar-refractivity contribution is -0.121. The lowest BCUT2D eigenvalue weighted by Gasteiger charge is -2.02. The van der Waals surface area contributed by atoms with Crippen LogP contribution in [0.1, 0.15) is 24.5 Å². The summed E-state index contributed by atoms with van der Waals surface area (Å²) < 4.78 is 10.4. The van der Waals surface area contributed by atoms with Crippen LogP contribution in [0.3, 0.4) is 0 Å². The maximum atomic E-state index is 11.8. The Labute approximate surface area is 139 Å². The van der Waals surface area contributed by atoms with Crippen molar-refractivity contribution in [2.45, 2.75) is 25.7 Å². The molecular formula is C18H19N3O3. The minimum atomic E-state index is 0.0179. The van der Waals surface area contributed by atoms with Crippen LogP contribution in [0.15, 0.2) is 57.7 Å². The zero-order valence-corrected chi connectivity index (χ0v) is 13.3. The van der Waals surface area contributed by atoms with Gasteiger partial charge in [0, 0.05) is 31.4 Å². The Morgan fingerprint density at radius 1 is 1.08 bits per heavy atom. The van der Waals surface area contributed by atoms with E-state index < -0.39 is 0 Å². The van der Waals surface area contributed by atoms with Crippen LogP contribution in [0.2, 0.25) is 0 Å². The molecule has 1 aromatic carbocycles. The molecule has 0 aliphatic carbocycles. The van der Waals surface area contributed by atoms with Gasteiger partial charge in [-0.2, -0.15) is 4.98 Å². The number of carbonyl (C=O) groups is 1. The molecule has 124 valence electrons. The first-order valence-corrected chi connectivity index (χ1v) is 7.98. The van der Waals surface area contributed by atoms with Crippen molar-refractivity contribution in [1.29, 1.82) is 0 Å². The van der Waals surface area contributed by atoms with E-state index in [0.29, 0.717) is 43.9 Å². The van der Waals surface area contributed by atoms with Crippen molar-refractivity contribution < 1.29 is 13.7 Å². The maximum absolute atomic E-state index is 11.8. The van der Waals surface area contributed by atoms with Gasteiger partial charge in [-0.1, -0.05) is 35.5 Å². The van der Waals surface area contributed by atoms with Crippen LogP contribution in [0.5, 0.6) is 0 Å². The van der Waals surface area contributed by atoms with E-state index in [4.69, 9.17) is 8.94 Å². The summed E-state index contributed by atoms with van der Waals surface area (Å²) in [5, 5.41) is 6.84. The Balaban J connectivity index is 1.37. The molecule has 3 rings (SSSR count). The summed E-state index contributed by atoms with van der Waals surface area (Å²) in [6, 6.07) is 13.4. The predicted molar refractivity (Wildman–Crippen MR) is 88.1 cm³/mol. The average Bonchev–Trinajstić information content (AvgIpc) is 3.28. The number of aromatic nitrogens is 2. The number of amides is 1. The van der Waals surface area contributed by atoms with Crippen molar-refractivity contribution in [2.24, 2.45) is 0 Å². The zero-order chi connectivity index (χ0) is 16.6. The smallest absolute Gasteiger partial charge is 0.226 e. The second-order valence-electron chi connectivity index (χ2n) is 5.41. The molecule has 0 atom stereocenters. The van der Waals surface area contributed by atoms with Gasteiger partial charge >= 0.3 is 0 Å². The summed E-state index contributed by atoms with van der Waals surface area (Å²) in [6.45, 7) is 0.574. The third-order valence-corrected chi connectivity index (χ3v) is 3.57. The maximum Gasteiger partial charge on any atom is 0.226 e. The van der Waals surface area contributed by atoms with E-state index >= 15 is 0 Å². The molecule has 0 aliphatic heterocycles.